The molecule has 0 bridgehead atoms. The van der Waals surface area contributed by atoms with Gasteiger partial charge in [-0.2, -0.15) is 0 Å². The molecule has 3 nitrogen and oxygen atoms in total. The van der Waals surface area contributed by atoms with Crippen LogP contribution in [0.5, 0.6) is 0 Å². The Hall–Kier alpha value is -8.12. The van der Waals surface area contributed by atoms with E-state index in [1.54, 1.807) is 0 Å². The molecule has 1 aromatic heterocycles. The van der Waals surface area contributed by atoms with Crippen LogP contribution in [0.15, 0.2) is 271 Å². The Morgan fingerprint density at radius 3 is 1.08 bits per heavy atom. The predicted octanol–water partition coefficient (Wildman–Crippen LogP) is 14.1. The third-order valence-electron chi connectivity index (χ3n) is 13.1. The Morgan fingerprint density at radius 1 is 0.303 bits per heavy atom. The van der Waals surface area contributed by atoms with E-state index in [0.29, 0.717) is 0 Å². The number of benzene rings is 10. The SMILES string of the molecule is c1ccc(N(c2ccccc2)c2ccc(-c3cc[c]4c(c3)-c3oc5ccc(-c6ccc(N(c7ccccc7)c7ccccc7)cc6)cc5[c]3[Ge]4([c]3ccccc3)[c]3ccccc3)cc2)cc1. The van der Waals surface area contributed by atoms with Gasteiger partial charge in [-0.05, 0) is 0 Å². The summed E-state index contributed by atoms with van der Waals surface area (Å²) in [6, 6.07) is 96.7. The molecular formula is C62H44GeN2O. The van der Waals surface area contributed by atoms with Crippen molar-refractivity contribution in [3.8, 4) is 33.6 Å². The van der Waals surface area contributed by atoms with Gasteiger partial charge in [0.15, 0.2) is 0 Å². The summed E-state index contributed by atoms with van der Waals surface area (Å²) in [4.78, 5) is 4.61. The van der Waals surface area contributed by atoms with Crippen LogP contribution >= 0.6 is 0 Å². The van der Waals surface area contributed by atoms with Crippen LogP contribution in [0.25, 0.3) is 44.5 Å². The molecule has 11 aromatic rings. The maximum atomic E-state index is 7.15. The molecular weight excluding hydrogens is 861 g/mol. The summed E-state index contributed by atoms with van der Waals surface area (Å²) in [5.41, 5.74) is 13.5. The third-order valence-corrected chi connectivity index (χ3v) is 23.4. The molecule has 10 aromatic carbocycles. The van der Waals surface area contributed by atoms with Gasteiger partial charge < -0.3 is 0 Å². The second kappa shape index (κ2) is 16.8. The Balaban J connectivity index is 0.989. The molecule has 1 aliphatic rings. The number of rotatable bonds is 10. The number of para-hydroxylation sites is 4. The Bertz CT molecular complexity index is 3310. The van der Waals surface area contributed by atoms with Gasteiger partial charge in [-0.1, -0.05) is 24.3 Å². The molecule has 66 heavy (non-hydrogen) atoms. The first kappa shape index (κ1) is 39.5. The van der Waals surface area contributed by atoms with Gasteiger partial charge in [0, 0.05) is 0 Å². The number of hydrogen-bond donors (Lipinski definition) is 0. The topological polar surface area (TPSA) is 19.6 Å². The standard InChI is InChI=1S/C62H44GeN2O/c1-7-19-49(20-8-1)63(50-21-9-2-10-22-50)59-41-35-47(45-31-37-55(38-32-45)64(51-23-11-3-12-24-51)52-25-13-4-14-26-52)43-57(59)62-61(63)58-44-48(36-42-60(58)66-62)46-33-39-56(40-34-46)65(53-27-15-5-16-28-53)54-29-17-6-18-30-54/h1-44H. The molecule has 0 aliphatic carbocycles. The first-order valence-corrected chi connectivity index (χ1v) is 26.8. The van der Waals surface area contributed by atoms with Crippen LogP contribution in [0.2, 0.25) is 0 Å². The van der Waals surface area contributed by atoms with Crippen molar-refractivity contribution >= 4 is 75.9 Å². The van der Waals surface area contributed by atoms with E-state index >= 15 is 0 Å². The molecule has 2 heterocycles. The predicted molar refractivity (Wildman–Crippen MR) is 279 cm³/mol. The zero-order valence-corrected chi connectivity index (χ0v) is 38.3. The van der Waals surface area contributed by atoms with E-state index in [9.17, 15) is 0 Å². The van der Waals surface area contributed by atoms with Gasteiger partial charge in [-0.3, -0.25) is 0 Å². The third kappa shape index (κ3) is 6.75. The Morgan fingerprint density at radius 2 is 0.652 bits per heavy atom. The maximum absolute atomic E-state index is 7.15. The van der Waals surface area contributed by atoms with Crippen molar-refractivity contribution in [2.75, 3.05) is 9.80 Å². The van der Waals surface area contributed by atoms with Gasteiger partial charge in [0.2, 0.25) is 0 Å². The molecule has 12 rings (SSSR count). The zero-order chi connectivity index (χ0) is 43.9. The van der Waals surface area contributed by atoms with E-state index in [-0.39, 0.29) is 0 Å². The molecule has 0 N–H and O–H groups in total. The van der Waals surface area contributed by atoms with Crippen LogP contribution in [0, 0.1) is 0 Å². The van der Waals surface area contributed by atoms with Gasteiger partial charge in [0.05, 0.1) is 0 Å². The average Bonchev–Trinajstić information content (AvgIpc) is 3.92. The number of furan rings is 1. The van der Waals surface area contributed by atoms with E-state index < -0.39 is 13.3 Å². The molecule has 0 amide bonds. The Kier molecular flexibility index (Phi) is 10.0. The Labute approximate surface area is 388 Å². The minimum atomic E-state index is -3.68. The monoisotopic (exact) mass is 906 g/mol. The van der Waals surface area contributed by atoms with Crippen molar-refractivity contribution in [3.63, 3.8) is 0 Å². The summed E-state index contributed by atoms with van der Waals surface area (Å²) < 4.78 is 12.7. The van der Waals surface area contributed by atoms with E-state index in [1.807, 2.05) is 0 Å². The zero-order valence-electron chi connectivity index (χ0n) is 36.2. The van der Waals surface area contributed by atoms with Crippen LogP contribution in [0.4, 0.5) is 34.1 Å². The first-order chi connectivity index (χ1) is 32.7. The fraction of sp³-hybridized carbons (Fsp3) is 0. The summed E-state index contributed by atoms with van der Waals surface area (Å²) in [6.45, 7) is 0. The second-order valence-electron chi connectivity index (χ2n) is 16.9. The summed E-state index contributed by atoms with van der Waals surface area (Å²) in [7, 11) is 0. The van der Waals surface area contributed by atoms with Gasteiger partial charge in [0.1, 0.15) is 0 Å². The normalized spacial score (nSPS) is 12.4. The van der Waals surface area contributed by atoms with Gasteiger partial charge >= 0.3 is 366 Å². The number of hydrogen-bond acceptors (Lipinski definition) is 3. The molecule has 0 spiro atoms. The van der Waals surface area contributed by atoms with Gasteiger partial charge in [-0.25, -0.2) is 0 Å². The number of fused-ring (bicyclic) bond motifs is 5. The van der Waals surface area contributed by atoms with Crippen LogP contribution in [0.3, 0.4) is 0 Å². The average molecular weight is 906 g/mol. The minimum absolute atomic E-state index is 0.920. The van der Waals surface area contributed by atoms with E-state index in [0.717, 1.165) is 67.7 Å². The van der Waals surface area contributed by atoms with E-state index in [1.165, 1.54) is 28.5 Å². The summed E-state index contributed by atoms with van der Waals surface area (Å²) in [5.74, 6) is 0.999. The quantitative estimate of drug-likeness (QED) is 0.128. The van der Waals surface area contributed by atoms with Crippen LogP contribution in [0.1, 0.15) is 0 Å². The molecule has 0 unspecified atom stereocenters. The van der Waals surface area contributed by atoms with Crippen LogP contribution < -0.4 is 27.4 Å². The van der Waals surface area contributed by atoms with Gasteiger partial charge in [0.25, 0.3) is 0 Å². The van der Waals surface area contributed by atoms with Crippen LogP contribution in [-0.2, 0) is 0 Å². The molecule has 1 aliphatic heterocycles. The molecule has 0 saturated heterocycles. The van der Waals surface area contributed by atoms with Crippen molar-refractivity contribution in [2.45, 2.75) is 0 Å². The van der Waals surface area contributed by atoms with E-state index in [4.69, 9.17) is 4.42 Å². The van der Waals surface area contributed by atoms with Crippen LogP contribution in [-0.4, -0.2) is 13.3 Å². The molecule has 0 saturated carbocycles. The van der Waals surface area contributed by atoms with Gasteiger partial charge in [-0.15, -0.1) is 0 Å². The molecule has 0 atom stereocenters. The fourth-order valence-corrected chi connectivity index (χ4v) is 21.1. The summed E-state index contributed by atoms with van der Waals surface area (Å²) in [5, 5.41) is 1.19. The fourth-order valence-electron chi connectivity index (χ4n) is 10.2. The molecule has 0 fully saturated rings. The van der Waals surface area contributed by atoms with Crippen molar-refractivity contribution in [1.82, 2.24) is 0 Å². The number of nitrogens with zero attached hydrogens (tertiary/aromatic N) is 2. The second-order valence-corrected chi connectivity index (χ2v) is 24.6. The van der Waals surface area contributed by atoms with E-state index in [2.05, 4.69) is 277 Å². The van der Waals surface area contributed by atoms with Crippen molar-refractivity contribution in [3.05, 3.63) is 267 Å². The van der Waals surface area contributed by atoms with Crippen molar-refractivity contribution in [1.29, 1.82) is 0 Å². The molecule has 0 radical (unpaired) electrons. The summed E-state index contributed by atoms with van der Waals surface area (Å²) >= 11 is -3.68. The number of anilines is 6. The van der Waals surface area contributed by atoms with Crippen molar-refractivity contribution in [2.24, 2.45) is 0 Å². The summed E-state index contributed by atoms with van der Waals surface area (Å²) in [6.07, 6.45) is 0. The molecule has 4 heteroatoms. The molecule has 312 valence electrons. The van der Waals surface area contributed by atoms with Crippen molar-refractivity contribution < 1.29 is 4.42 Å². The first-order valence-electron chi connectivity index (χ1n) is 22.6.